The first-order chi connectivity index (χ1) is 10.2. The number of carbonyl (C=O) groups is 1. The van der Waals surface area contributed by atoms with Crippen molar-refractivity contribution in [1.29, 1.82) is 0 Å². The molecule has 0 saturated carbocycles. The molecule has 0 radical (unpaired) electrons. The van der Waals surface area contributed by atoms with Crippen LogP contribution >= 0.6 is 0 Å². The van der Waals surface area contributed by atoms with Gasteiger partial charge in [0.2, 0.25) is 6.41 Å². The predicted molar refractivity (Wildman–Crippen MR) is 82.8 cm³/mol. The summed E-state index contributed by atoms with van der Waals surface area (Å²) in [5.74, 6) is 0.912. The molecule has 0 spiro atoms. The van der Waals surface area contributed by atoms with Crippen molar-refractivity contribution in [1.82, 2.24) is 20.1 Å². The molecule has 6 nitrogen and oxygen atoms in total. The van der Waals surface area contributed by atoms with Crippen LogP contribution in [0.1, 0.15) is 25.5 Å². The second-order valence-electron chi connectivity index (χ2n) is 4.08. The molecule has 1 heterocycles. The summed E-state index contributed by atoms with van der Waals surface area (Å²) < 4.78 is 1.17. The maximum Gasteiger partial charge on any atom is 0.235 e. The molecule has 1 aromatic heterocycles. The molecule has 2 N–H and O–H groups in total. The molecule has 6 heteroatoms. The van der Waals surface area contributed by atoms with Crippen molar-refractivity contribution in [2.45, 2.75) is 20.4 Å². The van der Waals surface area contributed by atoms with E-state index in [1.165, 1.54) is 4.68 Å². The highest BCUT2D eigenvalue weighted by molar-refractivity contribution is 5.71. The Labute approximate surface area is 124 Å². The second-order valence-corrected chi connectivity index (χ2v) is 4.08. The molecule has 0 aliphatic rings. The summed E-state index contributed by atoms with van der Waals surface area (Å²) >= 11 is 0. The molecule has 1 aromatic rings. The van der Waals surface area contributed by atoms with Crippen molar-refractivity contribution in [3.63, 3.8) is 0 Å². The molecular formula is C15H20N4O2. The van der Waals surface area contributed by atoms with E-state index < -0.39 is 0 Å². The van der Waals surface area contributed by atoms with E-state index in [9.17, 15) is 4.79 Å². The zero-order valence-corrected chi connectivity index (χ0v) is 12.3. The Morgan fingerprint density at radius 1 is 1.48 bits per heavy atom. The van der Waals surface area contributed by atoms with Gasteiger partial charge in [0.25, 0.3) is 0 Å². The van der Waals surface area contributed by atoms with E-state index >= 15 is 0 Å². The molecule has 0 aromatic carbocycles. The van der Waals surface area contributed by atoms with E-state index in [4.69, 9.17) is 5.11 Å². The highest BCUT2D eigenvalue weighted by Crippen LogP contribution is 2.12. The third-order valence-electron chi connectivity index (χ3n) is 2.70. The minimum atomic E-state index is -0.0984. The molecule has 0 bridgehead atoms. The number of carbonyl (C=O) groups excluding carboxylic acids is 1. The quantitative estimate of drug-likeness (QED) is 0.559. The Hall–Kier alpha value is -2.47. The minimum absolute atomic E-state index is 0.0984. The van der Waals surface area contributed by atoms with Crippen LogP contribution < -0.4 is 5.32 Å². The molecular weight excluding hydrogens is 268 g/mol. The summed E-state index contributed by atoms with van der Waals surface area (Å²) in [7, 11) is 0. The number of nitrogens with zero attached hydrogens (tertiary/aromatic N) is 3. The average Bonchev–Trinajstić information content (AvgIpc) is 2.91. The van der Waals surface area contributed by atoms with Gasteiger partial charge in [-0.2, -0.15) is 4.68 Å². The van der Waals surface area contributed by atoms with Gasteiger partial charge in [0.1, 0.15) is 0 Å². The zero-order chi connectivity index (χ0) is 15.7. The third kappa shape index (κ3) is 4.54. The fourth-order valence-corrected chi connectivity index (χ4v) is 1.64. The SMILES string of the molecule is C=C/C=C(\C=C/C)c1nc(CN/C(=C\C)CO)n(C=O)n1. The van der Waals surface area contributed by atoms with Crippen molar-refractivity contribution in [2.75, 3.05) is 6.61 Å². The van der Waals surface area contributed by atoms with Crippen molar-refractivity contribution < 1.29 is 9.90 Å². The van der Waals surface area contributed by atoms with Crippen molar-refractivity contribution in [2.24, 2.45) is 0 Å². The van der Waals surface area contributed by atoms with Crippen molar-refractivity contribution >= 4 is 12.0 Å². The first-order valence-corrected chi connectivity index (χ1v) is 6.56. The summed E-state index contributed by atoms with van der Waals surface area (Å²) in [5.41, 5.74) is 1.43. The summed E-state index contributed by atoms with van der Waals surface area (Å²) in [5, 5.41) is 16.2. The summed E-state index contributed by atoms with van der Waals surface area (Å²) in [6, 6.07) is 0. The number of hydrogen-bond donors (Lipinski definition) is 2. The molecule has 112 valence electrons. The fraction of sp³-hybridized carbons (Fsp3) is 0.267. The van der Waals surface area contributed by atoms with Gasteiger partial charge < -0.3 is 10.4 Å². The Balaban J connectivity index is 3.04. The summed E-state index contributed by atoms with van der Waals surface area (Å²) in [6.45, 7) is 7.54. The van der Waals surface area contributed by atoms with E-state index in [0.29, 0.717) is 30.3 Å². The van der Waals surface area contributed by atoms with Gasteiger partial charge in [-0.3, -0.25) is 4.79 Å². The van der Waals surface area contributed by atoms with Gasteiger partial charge in [0.15, 0.2) is 11.6 Å². The standard InChI is InChI=1S/C15H20N4O2/c1-4-7-12(8-5-2)15-17-14(19(11-21)18-15)9-16-13(6-3)10-20/h4-8,11,16,20H,1,9-10H2,2-3H3/b8-5-,12-7+,13-6-. The fourth-order valence-electron chi connectivity index (χ4n) is 1.64. The van der Waals surface area contributed by atoms with E-state index in [2.05, 4.69) is 22.0 Å². The Morgan fingerprint density at radius 3 is 2.76 bits per heavy atom. The average molecular weight is 288 g/mol. The first kappa shape index (κ1) is 16.6. The summed E-state index contributed by atoms with van der Waals surface area (Å²) in [4.78, 5) is 15.4. The Morgan fingerprint density at radius 2 is 2.24 bits per heavy atom. The van der Waals surface area contributed by atoms with Crippen LogP contribution in [-0.2, 0) is 11.3 Å². The Bertz CT molecular complexity index is 582. The van der Waals surface area contributed by atoms with E-state index in [1.807, 2.05) is 26.0 Å². The van der Waals surface area contributed by atoms with Gasteiger partial charge in [-0.15, -0.1) is 5.10 Å². The molecule has 0 fully saturated rings. The topological polar surface area (TPSA) is 80.0 Å². The number of aliphatic hydroxyl groups is 1. The molecule has 0 aliphatic carbocycles. The van der Waals surface area contributed by atoms with Crippen molar-refractivity contribution in [3.05, 3.63) is 54.3 Å². The minimum Gasteiger partial charge on any atom is -0.390 e. The smallest absolute Gasteiger partial charge is 0.235 e. The van der Waals surface area contributed by atoms with Crippen LogP contribution in [0.4, 0.5) is 0 Å². The van der Waals surface area contributed by atoms with Gasteiger partial charge in [-0.25, -0.2) is 4.98 Å². The molecule has 0 unspecified atom stereocenters. The second kappa shape index (κ2) is 8.65. The number of nitrogens with one attached hydrogen (secondary N) is 1. The van der Waals surface area contributed by atoms with Crippen LogP contribution in [-0.4, -0.2) is 32.9 Å². The van der Waals surface area contributed by atoms with Crippen LogP contribution in [0.25, 0.3) is 5.57 Å². The lowest BCUT2D eigenvalue weighted by Gasteiger charge is -2.06. The summed E-state index contributed by atoms with van der Waals surface area (Å²) in [6.07, 6.45) is 9.47. The van der Waals surface area contributed by atoms with Crippen LogP contribution in [0.2, 0.25) is 0 Å². The predicted octanol–water partition coefficient (Wildman–Crippen LogP) is 1.45. The number of hydrogen-bond acceptors (Lipinski definition) is 5. The van der Waals surface area contributed by atoms with Crippen molar-refractivity contribution in [3.8, 4) is 0 Å². The molecule has 0 aliphatic heterocycles. The number of aromatic nitrogens is 3. The van der Waals surface area contributed by atoms with E-state index in [1.54, 1.807) is 18.2 Å². The molecule has 0 atom stereocenters. The highest BCUT2D eigenvalue weighted by Gasteiger charge is 2.11. The zero-order valence-electron chi connectivity index (χ0n) is 12.3. The first-order valence-electron chi connectivity index (χ1n) is 6.56. The third-order valence-corrected chi connectivity index (χ3v) is 2.70. The lowest BCUT2D eigenvalue weighted by molar-refractivity contribution is 0.320. The van der Waals surface area contributed by atoms with Gasteiger partial charge in [0, 0.05) is 11.3 Å². The van der Waals surface area contributed by atoms with Gasteiger partial charge >= 0.3 is 0 Å². The van der Waals surface area contributed by atoms with Gasteiger partial charge in [-0.1, -0.05) is 37.0 Å². The number of aliphatic hydroxyl groups excluding tert-OH is 1. The van der Waals surface area contributed by atoms with Crippen LogP contribution in [0.5, 0.6) is 0 Å². The monoisotopic (exact) mass is 288 g/mol. The molecule has 0 saturated heterocycles. The van der Waals surface area contributed by atoms with Crippen LogP contribution in [0, 0.1) is 0 Å². The lowest BCUT2D eigenvalue weighted by Crippen LogP contribution is -2.19. The largest absolute Gasteiger partial charge is 0.390 e. The van der Waals surface area contributed by atoms with E-state index in [0.717, 1.165) is 5.57 Å². The van der Waals surface area contributed by atoms with Gasteiger partial charge in [-0.05, 0) is 13.8 Å². The molecule has 21 heavy (non-hydrogen) atoms. The molecule has 1 rings (SSSR count). The lowest BCUT2D eigenvalue weighted by atomic mass is 10.2. The van der Waals surface area contributed by atoms with Gasteiger partial charge in [0.05, 0.1) is 13.2 Å². The van der Waals surface area contributed by atoms with Crippen LogP contribution in [0.3, 0.4) is 0 Å². The maximum atomic E-state index is 11.1. The van der Waals surface area contributed by atoms with Crippen LogP contribution in [0.15, 0.2) is 42.7 Å². The Kier molecular flexibility index (Phi) is 6.83. The van der Waals surface area contributed by atoms with E-state index in [-0.39, 0.29) is 6.61 Å². The normalized spacial score (nSPS) is 12.7. The number of rotatable bonds is 8. The highest BCUT2D eigenvalue weighted by atomic mass is 16.3. The molecule has 0 amide bonds. The number of allylic oxidation sites excluding steroid dienone is 6. The maximum absolute atomic E-state index is 11.1.